The molecule has 2 rings (SSSR count). The molecule has 0 atom stereocenters. The van der Waals surface area contributed by atoms with Gasteiger partial charge in [0.15, 0.2) is 0 Å². The number of carbonyl (C=O) groups excluding carboxylic acids is 1. The lowest BCUT2D eigenvalue weighted by Gasteiger charge is -2.22. The zero-order valence-electron chi connectivity index (χ0n) is 12.6. The van der Waals surface area contributed by atoms with E-state index in [1.54, 1.807) is 0 Å². The molecule has 0 aromatic carbocycles. The van der Waals surface area contributed by atoms with Crippen LogP contribution in [0.25, 0.3) is 0 Å². The second-order valence-corrected chi connectivity index (χ2v) is 6.66. The molecule has 0 bridgehead atoms. The second kappa shape index (κ2) is 7.09. The number of hydrogen-bond acceptors (Lipinski definition) is 4. The Morgan fingerprint density at radius 2 is 2.10 bits per heavy atom. The largest absolute Gasteiger partial charge is 0.369 e. The highest BCUT2D eigenvalue weighted by Crippen LogP contribution is 2.28. The van der Waals surface area contributed by atoms with Crippen molar-refractivity contribution in [1.82, 2.24) is 9.55 Å². The molecule has 1 aliphatic carbocycles. The maximum absolute atomic E-state index is 12.3. The monoisotopic (exact) mass is 311 g/mol. The zero-order valence-corrected chi connectivity index (χ0v) is 13.5. The fraction of sp³-hybridized carbons (Fsp3) is 0.643. The van der Waals surface area contributed by atoms with Crippen LogP contribution in [0.1, 0.15) is 24.1 Å². The van der Waals surface area contributed by atoms with Gasteiger partial charge in [0, 0.05) is 11.3 Å². The highest BCUT2D eigenvalue weighted by atomic mass is 32.2. The highest BCUT2D eigenvalue weighted by molar-refractivity contribution is 7.99. The minimum absolute atomic E-state index is 0.171. The first-order valence-corrected chi connectivity index (χ1v) is 8.30. The number of carbonyl (C=O) groups is 1. The van der Waals surface area contributed by atoms with Crippen LogP contribution >= 0.6 is 11.8 Å². The molecular weight excluding hydrogens is 288 g/mol. The summed E-state index contributed by atoms with van der Waals surface area (Å²) in [4.78, 5) is 28.7. The zero-order chi connectivity index (χ0) is 15.4. The second-order valence-electron chi connectivity index (χ2n) is 5.70. The lowest BCUT2D eigenvalue weighted by Crippen LogP contribution is -3.06. The Morgan fingerprint density at radius 1 is 1.38 bits per heavy atom. The van der Waals surface area contributed by atoms with E-state index in [0.29, 0.717) is 11.6 Å². The SMILES string of the molecule is C[NH+](C)CCn1c2c(c(SCC(N)=O)nc1=O)CCCC2. The summed E-state index contributed by atoms with van der Waals surface area (Å²) in [6.07, 6.45) is 4.06. The Morgan fingerprint density at radius 3 is 2.76 bits per heavy atom. The molecule has 1 aliphatic rings. The summed E-state index contributed by atoms with van der Waals surface area (Å²) in [7, 11) is 4.14. The third-order valence-corrected chi connectivity index (χ3v) is 4.68. The first kappa shape index (κ1) is 16.0. The number of nitrogens with zero attached hydrogens (tertiary/aromatic N) is 2. The number of thioether (sulfide) groups is 1. The van der Waals surface area contributed by atoms with Crippen molar-refractivity contribution in [2.24, 2.45) is 5.73 Å². The van der Waals surface area contributed by atoms with Crippen LogP contribution in [0.3, 0.4) is 0 Å². The summed E-state index contributed by atoms with van der Waals surface area (Å²) in [5.41, 5.74) is 7.23. The van der Waals surface area contributed by atoms with Crippen LogP contribution in [-0.2, 0) is 24.2 Å². The van der Waals surface area contributed by atoms with Gasteiger partial charge in [-0.3, -0.25) is 9.36 Å². The number of primary amides is 1. The van der Waals surface area contributed by atoms with Crippen molar-refractivity contribution < 1.29 is 9.69 Å². The van der Waals surface area contributed by atoms with Gasteiger partial charge in [-0.1, -0.05) is 11.8 Å². The summed E-state index contributed by atoms with van der Waals surface area (Å²) < 4.78 is 1.82. The van der Waals surface area contributed by atoms with Crippen LogP contribution < -0.4 is 16.3 Å². The van der Waals surface area contributed by atoms with Gasteiger partial charge in [0.1, 0.15) is 5.03 Å². The van der Waals surface area contributed by atoms with Crippen molar-refractivity contribution in [3.05, 3.63) is 21.7 Å². The summed E-state index contributed by atoms with van der Waals surface area (Å²) in [5, 5.41) is 0.696. The third-order valence-electron chi connectivity index (χ3n) is 3.64. The molecule has 116 valence electrons. The first-order chi connectivity index (χ1) is 9.99. The average molecular weight is 311 g/mol. The quantitative estimate of drug-likeness (QED) is 0.513. The van der Waals surface area contributed by atoms with Gasteiger partial charge in [-0.05, 0) is 25.7 Å². The van der Waals surface area contributed by atoms with Gasteiger partial charge in [-0.2, -0.15) is 4.98 Å². The number of amides is 1. The van der Waals surface area contributed by atoms with Crippen molar-refractivity contribution in [1.29, 1.82) is 0 Å². The van der Waals surface area contributed by atoms with E-state index in [2.05, 4.69) is 19.1 Å². The number of fused-ring (bicyclic) bond motifs is 1. The van der Waals surface area contributed by atoms with E-state index in [1.807, 2.05) is 4.57 Å². The smallest absolute Gasteiger partial charge is 0.349 e. The van der Waals surface area contributed by atoms with Crippen LogP contribution in [0.15, 0.2) is 9.82 Å². The molecule has 21 heavy (non-hydrogen) atoms. The molecule has 7 heteroatoms. The number of aromatic nitrogens is 2. The minimum atomic E-state index is -0.383. The van der Waals surface area contributed by atoms with Crippen molar-refractivity contribution in [2.45, 2.75) is 37.3 Å². The summed E-state index contributed by atoms with van der Waals surface area (Å²) in [5.74, 6) is -0.211. The van der Waals surface area contributed by atoms with Gasteiger partial charge in [0.2, 0.25) is 5.91 Å². The molecule has 0 radical (unpaired) electrons. The summed E-state index contributed by atoms with van der Waals surface area (Å²) in [6.45, 7) is 1.58. The van der Waals surface area contributed by atoms with Gasteiger partial charge >= 0.3 is 5.69 Å². The van der Waals surface area contributed by atoms with E-state index >= 15 is 0 Å². The third kappa shape index (κ3) is 4.07. The van der Waals surface area contributed by atoms with E-state index in [9.17, 15) is 9.59 Å². The predicted octanol–water partition coefficient (Wildman–Crippen LogP) is -1.16. The van der Waals surface area contributed by atoms with Crippen molar-refractivity contribution in [2.75, 3.05) is 26.4 Å². The normalized spacial score (nSPS) is 14.2. The number of quaternary nitrogens is 1. The molecule has 1 amide bonds. The van der Waals surface area contributed by atoms with E-state index in [0.717, 1.165) is 43.5 Å². The average Bonchev–Trinajstić information content (AvgIpc) is 2.43. The van der Waals surface area contributed by atoms with Crippen LogP contribution in [-0.4, -0.2) is 41.9 Å². The number of nitrogens with two attached hydrogens (primary N) is 1. The van der Waals surface area contributed by atoms with E-state index in [1.165, 1.54) is 16.7 Å². The summed E-state index contributed by atoms with van der Waals surface area (Å²) in [6, 6.07) is 0. The molecular formula is C14H23N4O2S+. The van der Waals surface area contributed by atoms with Gasteiger partial charge in [0.05, 0.1) is 32.9 Å². The lowest BCUT2D eigenvalue weighted by molar-refractivity contribution is -0.859. The summed E-state index contributed by atoms with van der Waals surface area (Å²) >= 11 is 1.29. The molecule has 0 aliphatic heterocycles. The number of likely N-dealkylation sites (N-methyl/N-ethyl adjacent to an activating group) is 1. The lowest BCUT2D eigenvalue weighted by atomic mass is 9.97. The van der Waals surface area contributed by atoms with Gasteiger partial charge in [-0.25, -0.2) is 4.79 Å². The number of hydrogen-bond donors (Lipinski definition) is 2. The Hall–Kier alpha value is -1.34. The maximum atomic E-state index is 12.3. The molecule has 0 unspecified atom stereocenters. The van der Waals surface area contributed by atoms with Gasteiger partial charge < -0.3 is 10.6 Å². The molecule has 0 fully saturated rings. The van der Waals surface area contributed by atoms with Crippen molar-refractivity contribution in [3.8, 4) is 0 Å². The van der Waals surface area contributed by atoms with E-state index in [4.69, 9.17) is 5.73 Å². The molecule has 0 saturated carbocycles. The van der Waals surface area contributed by atoms with E-state index < -0.39 is 0 Å². The van der Waals surface area contributed by atoms with Crippen molar-refractivity contribution in [3.63, 3.8) is 0 Å². The Bertz CT molecular complexity index is 583. The Labute approximate surface area is 128 Å². The van der Waals surface area contributed by atoms with Gasteiger partial charge in [-0.15, -0.1) is 0 Å². The van der Waals surface area contributed by atoms with Crippen LogP contribution in [0, 0.1) is 0 Å². The molecule has 3 N–H and O–H groups in total. The number of nitrogens with one attached hydrogen (secondary N) is 1. The standard InChI is InChI=1S/C14H22N4O2S/c1-17(2)7-8-18-11-6-4-3-5-10(11)13(16-14(18)20)21-9-12(15)19/h3-9H2,1-2H3,(H2,15,19)/p+1. The maximum Gasteiger partial charge on any atom is 0.349 e. The Kier molecular flexibility index (Phi) is 5.41. The topological polar surface area (TPSA) is 82.4 Å². The Balaban J connectivity index is 2.35. The molecule has 0 spiro atoms. The molecule has 0 saturated heterocycles. The molecule has 1 heterocycles. The van der Waals surface area contributed by atoms with Crippen molar-refractivity contribution >= 4 is 17.7 Å². The number of rotatable bonds is 6. The van der Waals surface area contributed by atoms with E-state index in [-0.39, 0.29) is 17.3 Å². The molecule has 1 aromatic heterocycles. The predicted molar refractivity (Wildman–Crippen MR) is 82.7 cm³/mol. The first-order valence-electron chi connectivity index (χ1n) is 7.31. The fourth-order valence-corrected chi connectivity index (χ4v) is 3.39. The van der Waals surface area contributed by atoms with Crippen LogP contribution in [0.4, 0.5) is 0 Å². The minimum Gasteiger partial charge on any atom is -0.369 e. The fourth-order valence-electron chi connectivity index (χ4n) is 2.57. The van der Waals surface area contributed by atoms with Crippen LogP contribution in [0.5, 0.6) is 0 Å². The molecule has 1 aromatic rings. The van der Waals surface area contributed by atoms with Crippen LogP contribution in [0.2, 0.25) is 0 Å². The highest BCUT2D eigenvalue weighted by Gasteiger charge is 2.21. The molecule has 6 nitrogen and oxygen atoms in total. The van der Waals surface area contributed by atoms with Gasteiger partial charge in [0.25, 0.3) is 0 Å².